The minimum absolute atomic E-state index is 0.0984. The molecule has 2 aromatic rings. The maximum absolute atomic E-state index is 12.7. The zero-order valence-electron chi connectivity index (χ0n) is 17.5. The molecular formula is C23H28N4O4. The Balaban J connectivity index is 1.35. The fourth-order valence-corrected chi connectivity index (χ4v) is 3.95. The lowest BCUT2D eigenvalue weighted by atomic mass is 10.1. The van der Waals surface area contributed by atoms with Crippen molar-refractivity contribution in [3.8, 4) is 11.5 Å². The standard InChI is InChI=1S/C23H28N4O4/c24-23(29)19-15-26(14-17-5-2-1-3-6-17)9-10-27(19)16-22(28)25-18-7-8-20-21(13-18)31-12-4-11-30-20/h1-3,5-8,13,19H,4,9-12,14-16H2,(H2,24,29)(H,25,28)/t19-/m1/s1. The van der Waals surface area contributed by atoms with Crippen molar-refractivity contribution >= 4 is 17.5 Å². The average molecular weight is 425 g/mol. The van der Waals surface area contributed by atoms with E-state index < -0.39 is 11.9 Å². The monoisotopic (exact) mass is 424 g/mol. The molecule has 2 amide bonds. The number of rotatable bonds is 6. The van der Waals surface area contributed by atoms with Crippen LogP contribution >= 0.6 is 0 Å². The molecule has 0 spiro atoms. The highest BCUT2D eigenvalue weighted by Crippen LogP contribution is 2.32. The molecule has 164 valence electrons. The molecule has 2 aromatic carbocycles. The van der Waals surface area contributed by atoms with Crippen LogP contribution in [-0.2, 0) is 16.1 Å². The summed E-state index contributed by atoms with van der Waals surface area (Å²) in [6.07, 6.45) is 0.821. The van der Waals surface area contributed by atoms with Crippen LogP contribution in [0.1, 0.15) is 12.0 Å². The van der Waals surface area contributed by atoms with Gasteiger partial charge in [0.1, 0.15) is 6.04 Å². The van der Waals surface area contributed by atoms with Gasteiger partial charge >= 0.3 is 0 Å². The summed E-state index contributed by atoms with van der Waals surface area (Å²) >= 11 is 0. The van der Waals surface area contributed by atoms with Crippen LogP contribution in [0.25, 0.3) is 0 Å². The second-order valence-electron chi connectivity index (χ2n) is 7.87. The highest BCUT2D eigenvalue weighted by Gasteiger charge is 2.32. The van der Waals surface area contributed by atoms with Crippen LogP contribution in [0.2, 0.25) is 0 Å². The summed E-state index contributed by atoms with van der Waals surface area (Å²) in [5, 5.41) is 2.89. The number of nitrogens with two attached hydrogens (primary N) is 1. The molecule has 8 heteroatoms. The Morgan fingerprint density at radius 2 is 1.81 bits per heavy atom. The molecule has 0 aliphatic carbocycles. The number of primary amides is 1. The van der Waals surface area contributed by atoms with Crippen molar-refractivity contribution in [2.24, 2.45) is 5.73 Å². The molecule has 0 bridgehead atoms. The van der Waals surface area contributed by atoms with Gasteiger partial charge < -0.3 is 20.5 Å². The van der Waals surface area contributed by atoms with Crippen LogP contribution in [0.15, 0.2) is 48.5 Å². The van der Waals surface area contributed by atoms with Crippen LogP contribution in [-0.4, -0.2) is 67.0 Å². The molecule has 0 radical (unpaired) electrons. The van der Waals surface area contributed by atoms with E-state index in [1.165, 1.54) is 5.56 Å². The summed E-state index contributed by atoms with van der Waals surface area (Å²) in [6, 6.07) is 15.0. The molecular weight excluding hydrogens is 396 g/mol. The van der Waals surface area contributed by atoms with E-state index in [1.54, 1.807) is 18.2 Å². The average Bonchev–Trinajstić information content (AvgIpc) is 3.00. The van der Waals surface area contributed by atoms with Crippen molar-refractivity contribution in [1.82, 2.24) is 9.80 Å². The van der Waals surface area contributed by atoms with E-state index in [1.807, 2.05) is 23.1 Å². The minimum atomic E-state index is -0.507. The maximum Gasteiger partial charge on any atom is 0.238 e. The van der Waals surface area contributed by atoms with Gasteiger partial charge in [-0.15, -0.1) is 0 Å². The molecule has 1 fully saturated rings. The summed E-state index contributed by atoms with van der Waals surface area (Å²) in [7, 11) is 0. The zero-order valence-corrected chi connectivity index (χ0v) is 17.5. The third-order valence-corrected chi connectivity index (χ3v) is 5.53. The number of nitrogens with one attached hydrogen (secondary N) is 1. The molecule has 8 nitrogen and oxygen atoms in total. The van der Waals surface area contributed by atoms with E-state index in [4.69, 9.17) is 15.2 Å². The maximum atomic E-state index is 12.7. The van der Waals surface area contributed by atoms with Gasteiger partial charge in [0, 0.05) is 44.4 Å². The molecule has 2 aliphatic rings. The Kier molecular flexibility index (Phi) is 6.69. The molecule has 1 atom stereocenters. The van der Waals surface area contributed by atoms with E-state index in [9.17, 15) is 9.59 Å². The van der Waals surface area contributed by atoms with E-state index in [-0.39, 0.29) is 12.5 Å². The van der Waals surface area contributed by atoms with Crippen LogP contribution in [0.5, 0.6) is 11.5 Å². The van der Waals surface area contributed by atoms with Crippen molar-refractivity contribution < 1.29 is 19.1 Å². The number of carbonyl (C=O) groups is 2. The number of hydrogen-bond acceptors (Lipinski definition) is 6. The third kappa shape index (κ3) is 5.53. The summed E-state index contributed by atoms with van der Waals surface area (Å²) in [5.41, 5.74) is 7.48. The van der Waals surface area contributed by atoms with Crippen molar-refractivity contribution in [3.63, 3.8) is 0 Å². The highest BCUT2D eigenvalue weighted by molar-refractivity contribution is 5.93. The topological polar surface area (TPSA) is 97.1 Å². The first kappa shape index (κ1) is 21.1. The Morgan fingerprint density at radius 1 is 1.03 bits per heavy atom. The van der Waals surface area contributed by atoms with Gasteiger partial charge in [0.15, 0.2) is 11.5 Å². The second-order valence-corrected chi connectivity index (χ2v) is 7.87. The van der Waals surface area contributed by atoms with Gasteiger partial charge in [0.2, 0.25) is 11.8 Å². The van der Waals surface area contributed by atoms with Gasteiger partial charge in [0.25, 0.3) is 0 Å². The van der Waals surface area contributed by atoms with E-state index >= 15 is 0 Å². The number of nitrogens with zero attached hydrogens (tertiary/aromatic N) is 2. The van der Waals surface area contributed by atoms with Crippen molar-refractivity contribution in [2.75, 3.05) is 44.7 Å². The van der Waals surface area contributed by atoms with Crippen LogP contribution in [0.4, 0.5) is 5.69 Å². The number of piperazine rings is 1. The third-order valence-electron chi connectivity index (χ3n) is 5.53. The van der Waals surface area contributed by atoms with Gasteiger partial charge in [-0.2, -0.15) is 0 Å². The van der Waals surface area contributed by atoms with Crippen molar-refractivity contribution in [3.05, 3.63) is 54.1 Å². The molecule has 1 saturated heterocycles. The first-order valence-corrected chi connectivity index (χ1v) is 10.6. The Hall–Kier alpha value is -3.10. The Bertz CT molecular complexity index is 921. The summed E-state index contributed by atoms with van der Waals surface area (Å²) in [6.45, 7) is 3.90. The van der Waals surface area contributed by atoms with Crippen molar-refractivity contribution in [2.45, 2.75) is 19.0 Å². The van der Waals surface area contributed by atoms with Crippen LogP contribution in [0.3, 0.4) is 0 Å². The van der Waals surface area contributed by atoms with E-state index in [0.29, 0.717) is 43.5 Å². The largest absolute Gasteiger partial charge is 0.490 e. The minimum Gasteiger partial charge on any atom is -0.490 e. The second kappa shape index (κ2) is 9.80. The van der Waals surface area contributed by atoms with Gasteiger partial charge in [-0.1, -0.05) is 30.3 Å². The van der Waals surface area contributed by atoms with E-state index in [2.05, 4.69) is 22.3 Å². The van der Waals surface area contributed by atoms with Gasteiger partial charge in [-0.05, 0) is 17.7 Å². The number of benzene rings is 2. The normalized spacial score (nSPS) is 19.4. The Morgan fingerprint density at radius 3 is 2.58 bits per heavy atom. The molecule has 3 N–H and O–H groups in total. The number of fused-ring (bicyclic) bond motifs is 1. The molecule has 0 saturated carbocycles. The summed E-state index contributed by atoms with van der Waals surface area (Å²) < 4.78 is 11.3. The number of hydrogen-bond donors (Lipinski definition) is 2. The molecule has 0 unspecified atom stereocenters. The molecule has 0 aromatic heterocycles. The first-order chi connectivity index (χ1) is 15.1. The number of carbonyl (C=O) groups excluding carboxylic acids is 2. The van der Waals surface area contributed by atoms with Gasteiger partial charge in [-0.3, -0.25) is 19.4 Å². The number of amides is 2. The molecule has 4 rings (SSSR count). The number of anilines is 1. The zero-order chi connectivity index (χ0) is 21.6. The summed E-state index contributed by atoms with van der Waals surface area (Å²) in [5.74, 6) is 0.692. The van der Waals surface area contributed by atoms with Crippen LogP contribution < -0.4 is 20.5 Å². The van der Waals surface area contributed by atoms with Crippen LogP contribution in [0, 0.1) is 0 Å². The lowest BCUT2D eigenvalue weighted by Crippen LogP contribution is -2.59. The summed E-state index contributed by atoms with van der Waals surface area (Å²) in [4.78, 5) is 28.8. The lowest BCUT2D eigenvalue weighted by molar-refractivity contribution is -0.127. The predicted octanol–water partition coefficient (Wildman–Crippen LogP) is 1.46. The smallest absolute Gasteiger partial charge is 0.238 e. The Labute approximate surface area is 181 Å². The SMILES string of the molecule is NC(=O)[C@H]1CN(Cc2ccccc2)CCN1CC(=O)Nc1ccc2c(c1)OCCCO2. The molecule has 31 heavy (non-hydrogen) atoms. The highest BCUT2D eigenvalue weighted by atomic mass is 16.5. The predicted molar refractivity (Wildman–Crippen MR) is 117 cm³/mol. The van der Waals surface area contributed by atoms with Gasteiger partial charge in [-0.25, -0.2) is 0 Å². The van der Waals surface area contributed by atoms with E-state index in [0.717, 1.165) is 19.5 Å². The fraction of sp³-hybridized carbons (Fsp3) is 0.391. The molecule has 2 heterocycles. The first-order valence-electron chi connectivity index (χ1n) is 10.6. The van der Waals surface area contributed by atoms with Gasteiger partial charge in [0.05, 0.1) is 19.8 Å². The molecule has 2 aliphatic heterocycles. The lowest BCUT2D eigenvalue weighted by Gasteiger charge is -2.39. The van der Waals surface area contributed by atoms with Crippen molar-refractivity contribution in [1.29, 1.82) is 0 Å². The fourth-order valence-electron chi connectivity index (χ4n) is 3.95. The number of ether oxygens (including phenoxy) is 2. The quantitative estimate of drug-likeness (QED) is 0.729.